The SMILES string of the molecule is NCc1nn(-c2cccc(Cl)c2)c2c1CCC2. The Morgan fingerprint density at radius 3 is 3.00 bits per heavy atom. The van der Waals surface area contributed by atoms with Gasteiger partial charge >= 0.3 is 0 Å². The summed E-state index contributed by atoms with van der Waals surface area (Å²) in [4.78, 5) is 0. The lowest BCUT2D eigenvalue weighted by Crippen LogP contribution is -2.03. The van der Waals surface area contributed by atoms with Gasteiger partial charge in [-0.1, -0.05) is 17.7 Å². The molecule has 2 aromatic rings. The first-order valence-corrected chi connectivity index (χ1v) is 6.23. The summed E-state index contributed by atoms with van der Waals surface area (Å²) in [6.45, 7) is 0.510. The summed E-state index contributed by atoms with van der Waals surface area (Å²) in [5.41, 5.74) is 10.4. The molecule has 3 rings (SSSR count). The third kappa shape index (κ3) is 1.75. The van der Waals surface area contributed by atoms with E-state index in [1.807, 2.05) is 28.9 Å². The molecule has 0 saturated carbocycles. The molecule has 4 heteroatoms. The summed E-state index contributed by atoms with van der Waals surface area (Å²) in [6.07, 6.45) is 3.37. The van der Waals surface area contributed by atoms with Crippen molar-refractivity contribution in [3.63, 3.8) is 0 Å². The van der Waals surface area contributed by atoms with E-state index in [0.717, 1.165) is 29.2 Å². The van der Waals surface area contributed by atoms with E-state index in [2.05, 4.69) is 5.10 Å². The van der Waals surface area contributed by atoms with Crippen LogP contribution in [0.4, 0.5) is 0 Å². The second-order valence-electron chi connectivity index (χ2n) is 4.32. The van der Waals surface area contributed by atoms with E-state index in [9.17, 15) is 0 Å². The molecule has 0 amide bonds. The fourth-order valence-electron chi connectivity index (χ4n) is 2.50. The summed E-state index contributed by atoms with van der Waals surface area (Å²) in [5.74, 6) is 0. The Labute approximate surface area is 105 Å². The van der Waals surface area contributed by atoms with Crippen molar-refractivity contribution in [1.29, 1.82) is 0 Å². The van der Waals surface area contributed by atoms with Crippen molar-refractivity contribution in [2.75, 3.05) is 0 Å². The van der Waals surface area contributed by atoms with E-state index < -0.39 is 0 Å². The van der Waals surface area contributed by atoms with Gasteiger partial charge in [-0.05, 0) is 43.0 Å². The Morgan fingerprint density at radius 1 is 1.35 bits per heavy atom. The third-order valence-electron chi connectivity index (χ3n) is 3.26. The second-order valence-corrected chi connectivity index (χ2v) is 4.76. The molecule has 1 aromatic carbocycles. The van der Waals surface area contributed by atoms with Gasteiger partial charge < -0.3 is 5.73 Å². The highest BCUT2D eigenvalue weighted by atomic mass is 35.5. The van der Waals surface area contributed by atoms with E-state index in [1.165, 1.54) is 17.7 Å². The van der Waals surface area contributed by atoms with Gasteiger partial charge in [0.15, 0.2) is 0 Å². The first kappa shape index (κ1) is 10.8. The van der Waals surface area contributed by atoms with Crippen LogP contribution in [-0.2, 0) is 19.4 Å². The zero-order chi connectivity index (χ0) is 11.8. The number of benzene rings is 1. The van der Waals surface area contributed by atoms with Crippen LogP contribution < -0.4 is 5.73 Å². The van der Waals surface area contributed by atoms with Crippen LogP contribution in [0.5, 0.6) is 0 Å². The summed E-state index contributed by atoms with van der Waals surface area (Å²) < 4.78 is 2.00. The molecule has 0 fully saturated rings. The Balaban J connectivity index is 2.15. The summed E-state index contributed by atoms with van der Waals surface area (Å²) in [5, 5.41) is 5.33. The fourth-order valence-corrected chi connectivity index (χ4v) is 2.68. The predicted octanol–water partition coefficient (Wildman–Crippen LogP) is 2.47. The molecule has 1 aliphatic rings. The molecule has 1 heterocycles. The van der Waals surface area contributed by atoms with Gasteiger partial charge in [0.05, 0.1) is 11.4 Å². The van der Waals surface area contributed by atoms with Crippen LogP contribution in [0, 0.1) is 0 Å². The average molecular weight is 248 g/mol. The van der Waals surface area contributed by atoms with E-state index in [4.69, 9.17) is 17.3 Å². The topological polar surface area (TPSA) is 43.8 Å². The molecule has 88 valence electrons. The normalized spacial score (nSPS) is 14.0. The molecule has 17 heavy (non-hydrogen) atoms. The van der Waals surface area contributed by atoms with Crippen LogP contribution in [0.15, 0.2) is 24.3 Å². The Kier molecular flexibility index (Phi) is 2.65. The van der Waals surface area contributed by atoms with Crippen molar-refractivity contribution in [3.8, 4) is 5.69 Å². The molecular weight excluding hydrogens is 234 g/mol. The van der Waals surface area contributed by atoms with Crippen LogP contribution in [0.1, 0.15) is 23.4 Å². The van der Waals surface area contributed by atoms with E-state index in [1.54, 1.807) is 0 Å². The highest BCUT2D eigenvalue weighted by molar-refractivity contribution is 6.30. The molecule has 1 aliphatic carbocycles. The Hall–Kier alpha value is -1.32. The van der Waals surface area contributed by atoms with Crippen LogP contribution in [0.2, 0.25) is 5.02 Å². The molecule has 0 spiro atoms. The minimum atomic E-state index is 0.510. The number of hydrogen-bond acceptors (Lipinski definition) is 2. The van der Waals surface area contributed by atoms with Gasteiger partial charge in [0.25, 0.3) is 0 Å². The molecule has 0 bridgehead atoms. The zero-order valence-electron chi connectivity index (χ0n) is 9.49. The lowest BCUT2D eigenvalue weighted by Gasteiger charge is -2.05. The van der Waals surface area contributed by atoms with Gasteiger partial charge in [-0.15, -0.1) is 0 Å². The number of rotatable bonds is 2. The van der Waals surface area contributed by atoms with E-state index in [0.29, 0.717) is 6.54 Å². The van der Waals surface area contributed by atoms with E-state index >= 15 is 0 Å². The molecule has 0 saturated heterocycles. The first-order chi connectivity index (χ1) is 8.29. The Morgan fingerprint density at radius 2 is 2.24 bits per heavy atom. The molecular formula is C13H14ClN3. The maximum Gasteiger partial charge on any atom is 0.0799 e. The highest BCUT2D eigenvalue weighted by Gasteiger charge is 2.22. The lowest BCUT2D eigenvalue weighted by atomic mass is 10.2. The number of nitrogens with two attached hydrogens (primary N) is 1. The average Bonchev–Trinajstić information content (AvgIpc) is 2.89. The predicted molar refractivity (Wildman–Crippen MR) is 68.5 cm³/mol. The van der Waals surface area contributed by atoms with Crippen molar-refractivity contribution in [3.05, 3.63) is 46.2 Å². The summed E-state index contributed by atoms with van der Waals surface area (Å²) >= 11 is 6.02. The van der Waals surface area contributed by atoms with Gasteiger partial charge in [-0.3, -0.25) is 0 Å². The van der Waals surface area contributed by atoms with Crippen molar-refractivity contribution in [2.24, 2.45) is 5.73 Å². The monoisotopic (exact) mass is 247 g/mol. The largest absolute Gasteiger partial charge is 0.325 e. The van der Waals surface area contributed by atoms with Crippen molar-refractivity contribution >= 4 is 11.6 Å². The van der Waals surface area contributed by atoms with Gasteiger partial charge in [0.2, 0.25) is 0 Å². The van der Waals surface area contributed by atoms with Gasteiger partial charge in [-0.2, -0.15) is 5.10 Å². The van der Waals surface area contributed by atoms with Crippen molar-refractivity contribution in [1.82, 2.24) is 9.78 Å². The Bertz CT molecular complexity index is 560. The molecule has 1 aromatic heterocycles. The number of hydrogen-bond donors (Lipinski definition) is 1. The zero-order valence-corrected chi connectivity index (χ0v) is 10.2. The number of fused-ring (bicyclic) bond motifs is 1. The molecule has 0 atom stereocenters. The van der Waals surface area contributed by atoms with E-state index in [-0.39, 0.29) is 0 Å². The minimum absolute atomic E-state index is 0.510. The molecule has 3 nitrogen and oxygen atoms in total. The minimum Gasteiger partial charge on any atom is -0.325 e. The molecule has 0 unspecified atom stereocenters. The van der Waals surface area contributed by atoms with Crippen LogP contribution in [0.3, 0.4) is 0 Å². The van der Waals surface area contributed by atoms with Gasteiger partial charge in [0.1, 0.15) is 0 Å². The van der Waals surface area contributed by atoms with Crippen LogP contribution in [-0.4, -0.2) is 9.78 Å². The number of nitrogens with zero attached hydrogens (tertiary/aromatic N) is 2. The third-order valence-corrected chi connectivity index (χ3v) is 3.49. The second kappa shape index (κ2) is 4.17. The maximum absolute atomic E-state index is 6.02. The smallest absolute Gasteiger partial charge is 0.0799 e. The summed E-state index contributed by atoms with van der Waals surface area (Å²) in [6, 6.07) is 7.78. The lowest BCUT2D eigenvalue weighted by molar-refractivity contribution is 0.758. The van der Waals surface area contributed by atoms with Gasteiger partial charge in [-0.25, -0.2) is 4.68 Å². The quantitative estimate of drug-likeness (QED) is 0.886. The van der Waals surface area contributed by atoms with Crippen LogP contribution >= 0.6 is 11.6 Å². The standard InChI is InChI=1S/C13H14ClN3/c14-9-3-1-4-10(7-9)17-13-6-2-5-11(13)12(8-15)16-17/h1,3-4,7H,2,5-6,8,15H2. The van der Waals surface area contributed by atoms with Crippen molar-refractivity contribution < 1.29 is 0 Å². The first-order valence-electron chi connectivity index (χ1n) is 5.85. The number of halogens is 1. The molecule has 2 N–H and O–H groups in total. The van der Waals surface area contributed by atoms with Crippen molar-refractivity contribution in [2.45, 2.75) is 25.8 Å². The van der Waals surface area contributed by atoms with Gasteiger partial charge in [0, 0.05) is 17.3 Å². The molecule has 0 radical (unpaired) electrons. The summed E-state index contributed by atoms with van der Waals surface area (Å²) in [7, 11) is 0. The van der Waals surface area contributed by atoms with Crippen LogP contribution in [0.25, 0.3) is 5.69 Å². The highest BCUT2D eigenvalue weighted by Crippen LogP contribution is 2.28. The molecule has 0 aliphatic heterocycles. The maximum atomic E-state index is 6.02. The fraction of sp³-hybridized carbons (Fsp3) is 0.308. The number of aromatic nitrogens is 2.